The molecule has 1 aromatic rings. The minimum absolute atomic E-state index is 0.139. The van der Waals surface area contributed by atoms with Gasteiger partial charge in [-0.25, -0.2) is 0 Å². The smallest absolute Gasteiger partial charge is 0.229 e. The van der Waals surface area contributed by atoms with E-state index in [1.165, 1.54) is 0 Å². The molecular formula is C14H20N2O2. The Morgan fingerprint density at radius 3 is 2.56 bits per heavy atom. The second kappa shape index (κ2) is 5.98. The van der Waals surface area contributed by atoms with Gasteiger partial charge >= 0.3 is 0 Å². The SMILES string of the molecule is COCCC(=O)N(c1ccc(CN)cc1)C1CC1. The molecule has 1 aromatic carbocycles. The third-order valence-corrected chi connectivity index (χ3v) is 3.15. The monoisotopic (exact) mass is 248 g/mol. The van der Waals surface area contributed by atoms with E-state index in [0.717, 1.165) is 24.1 Å². The molecule has 0 aromatic heterocycles. The number of hydrogen-bond acceptors (Lipinski definition) is 3. The first-order valence-electron chi connectivity index (χ1n) is 6.36. The third kappa shape index (κ3) is 3.09. The number of carbonyl (C=O) groups excluding carboxylic acids is 1. The van der Waals surface area contributed by atoms with Crippen molar-refractivity contribution < 1.29 is 9.53 Å². The van der Waals surface area contributed by atoms with Gasteiger partial charge in [0.25, 0.3) is 0 Å². The van der Waals surface area contributed by atoms with Crippen molar-refractivity contribution in [2.45, 2.75) is 31.8 Å². The van der Waals surface area contributed by atoms with Crippen molar-refractivity contribution in [2.24, 2.45) is 5.73 Å². The highest BCUT2D eigenvalue weighted by atomic mass is 16.5. The molecule has 1 fully saturated rings. The lowest BCUT2D eigenvalue weighted by Gasteiger charge is -2.22. The number of carbonyl (C=O) groups is 1. The molecule has 0 heterocycles. The van der Waals surface area contributed by atoms with Gasteiger partial charge in [0.15, 0.2) is 0 Å². The average Bonchev–Trinajstić information content (AvgIpc) is 3.22. The molecule has 2 N–H and O–H groups in total. The molecule has 2 rings (SSSR count). The van der Waals surface area contributed by atoms with Crippen LogP contribution in [0.15, 0.2) is 24.3 Å². The number of hydrogen-bond donors (Lipinski definition) is 1. The molecule has 1 aliphatic rings. The summed E-state index contributed by atoms with van der Waals surface area (Å²) in [6.45, 7) is 1.00. The highest BCUT2D eigenvalue weighted by molar-refractivity contribution is 5.94. The summed E-state index contributed by atoms with van der Waals surface area (Å²) in [4.78, 5) is 14.1. The summed E-state index contributed by atoms with van der Waals surface area (Å²) in [5, 5.41) is 0. The molecule has 0 bridgehead atoms. The molecule has 4 heteroatoms. The Morgan fingerprint density at radius 1 is 1.39 bits per heavy atom. The molecule has 18 heavy (non-hydrogen) atoms. The van der Waals surface area contributed by atoms with Crippen molar-refractivity contribution in [3.63, 3.8) is 0 Å². The number of methoxy groups -OCH3 is 1. The van der Waals surface area contributed by atoms with Crippen LogP contribution in [0.5, 0.6) is 0 Å². The van der Waals surface area contributed by atoms with Crippen LogP contribution in [-0.2, 0) is 16.1 Å². The second-order valence-electron chi connectivity index (χ2n) is 4.61. The second-order valence-corrected chi connectivity index (χ2v) is 4.61. The van der Waals surface area contributed by atoms with Gasteiger partial charge in [-0.05, 0) is 30.5 Å². The summed E-state index contributed by atoms with van der Waals surface area (Å²) in [7, 11) is 1.62. The lowest BCUT2D eigenvalue weighted by Crippen LogP contribution is -2.33. The minimum atomic E-state index is 0.139. The van der Waals surface area contributed by atoms with Crippen LogP contribution >= 0.6 is 0 Å². The average molecular weight is 248 g/mol. The van der Waals surface area contributed by atoms with Crippen LogP contribution in [0.4, 0.5) is 5.69 Å². The zero-order valence-corrected chi connectivity index (χ0v) is 10.8. The van der Waals surface area contributed by atoms with Crippen LogP contribution in [-0.4, -0.2) is 25.7 Å². The van der Waals surface area contributed by atoms with Crippen molar-refractivity contribution in [1.29, 1.82) is 0 Å². The molecule has 0 spiro atoms. The van der Waals surface area contributed by atoms with Crippen LogP contribution in [0.1, 0.15) is 24.8 Å². The van der Waals surface area contributed by atoms with E-state index >= 15 is 0 Å². The van der Waals surface area contributed by atoms with E-state index in [1.807, 2.05) is 29.2 Å². The van der Waals surface area contributed by atoms with Crippen LogP contribution in [0.2, 0.25) is 0 Å². The fourth-order valence-corrected chi connectivity index (χ4v) is 1.99. The zero-order valence-electron chi connectivity index (χ0n) is 10.8. The summed E-state index contributed by atoms with van der Waals surface area (Å²) in [6.07, 6.45) is 2.63. The Balaban J connectivity index is 2.10. The highest BCUT2D eigenvalue weighted by Gasteiger charge is 2.33. The van der Waals surface area contributed by atoms with Crippen molar-refractivity contribution in [3.05, 3.63) is 29.8 Å². The molecule has 0 radical (unpaired) electrons. The van der Waals surface area contributed by atoms with Gasteiger partial charge in [0.05, 0.1) is 13.0 Å². The number of anilines is 1. The molecule has 4 nitrogen and oxygen atoms in total. The predicted molar refractivity (Wildman–Crippen MR) is 71.3 cm³/mol. The van der Waals surface area contributed by atoms with E-state index in [2.05, 4.69) is 0 Å². The summed E-state index contributed by atoms with van der Waals surface area (Å²) in [5.41, 5.74) is 7.63. The quantitative estimate of drug-likeness (QED) is 0.833. The fourth-order valence-electron chi connectivity index (χ4n) is 1.99. The van der Waals surface area contributed by atoms with E-state index in [4.69, 9.17) is 10.5 Å². The van der Waals surface area contributed by atoms with Crippen molar-refractivity contribution in [3.8, 4) is 0 Å². The normalized spacial score (nSPS) is 14.6. The molecule has 98 valence electrons. The molecule has 1 saturated carbocycles. The minimum Gasteiger partial charge on any atom is -0.384 e. The van der Waals surface area contributed by atoms with Crippen LogP contribution in [0, 0.1) is 0 Å². The standard InChI is InChI=1S/C14H20N2O2/c1-18-9-8-14(17)16(13-6-7-13)12-4-2-11(10-15)3-5-12/h2-5,13H,6-10,15H2,1H3. The number of nitrogens with zero attached hydrogens (tertiary/aromatic N) is 1. The van der Waals surface area contributed by atoms with Gasteiger partial charge in [-0.3, -0.25) is 4.79 Å². The maximum atomic E-state index is 12.2. The van der Waals surface area contributed by atoms with Crippen LogP contribution < -0.4 is 10.6 Å². The van der Waals surface area contributed by atoms with Gasteiger partial charge in [-0.1, -0.05) is 12.1 Å². The summed E-state index contributed by atoms with van der Waals surface area (Å²) in [5.74, 6) is 0.139. The van der Waals surface area contributed by atoms with E-state index in [-0.39, 0.29) is 5.91 Å². The third-order valence-electron chi connectivity index (χ3n) is 3.15. The molecule has 0 unspecified atom stereocenters. The Labute approximate surface area is 108 Å². The number of amides is 1. The van der Waals surface area contributed by atoms with Gasteiger partial charge in [0, 0.05) is 25.4 Å². The van der Waals surface area contributed by atoms with Crippen molar-refractivity contribution in [2.75, 3.05) is 18.6 Å². The largest absolute Gasteiger partial charge is 0.384 e. The van der Waals surface area contributed by atoms with Gasteiger partial charge in [-0.15, -0.1) is 0 Å². The van der Waals surface area contributed by atoms with E-state index in [1.54, 1.807) is 7.11 Å². The molecule has 1 amide bonds. The van der Waals surface area contributed by atoms with Gasteiger partial charge in [0.2, 0.25) is 5.91 Å². The van der Waals surface area contributed by atoms with Crippen molar-refractivity contribution in [1.82, 2.24) is 0 Å². The van der Waals surface area contributed by atoms with E-state index < -0.39 is 0 Å². The van der Waals surface area contributed by atoms with Gasteiger partial charge < -0.3 is 15.4 Å². The number of rotatable bonds is 6. The number of benzene rings is 1. The lowest BCUT2D eigenvalue weighted by molar-refractivity contribution is -0.119. The molecule has 0 aliphatic heterocycles. The Hall–Kier alpha value is -1.39. The molecule has 0 saturated heterocycles. The van der Waals surface area contributed by atoms with Crippen LogP contribution in [0.3, 0.4) is 0 Å². The first-order chi connectivity index (χ1) is 8.76. The summed E-state index contributed by atoms with van der Waals surface area (Å²) in [6, 6.07) is 8.29. The Bertz CT molecular complexity index is 399. The maximum absolute atomic E-state index is 12.2. The number of ether oxygens (including phenoxy) is 1. The molecule has 1 aliphatic carbocycles. The lowest BCUT2D eigenvalue weighted by atomic mass is 10.2. The topological polar surface area (TPSA) is 55.6 Å². The van der Waals surface area contributed by atoms with Crippen molar-refractivity contribution >= 4 is 11.6 Å². The summed E-state index contributed by atoms with van der Waals surface area (Å²) >= 11 is 0. The maximum Gasteiger partial charge on any atom is 0.229 e. The Morgan fingerprint density at radius 2 is 2.06 bits per heavy atom. The fraction of sp³-hybridized carbons (Fsp3) is 0.500. The van der Waals surface area contributed by atoms with E-state index in [0.29, 0.717) is 25.6 Å². The predicted octanol–water partition coefficient (Wildman–Crippen LogP) is 1.68. The van der Waals surface area contributed by atoms with E-state index in [9.17, 15) is 4.79 Å². The number of nitrogens with two attached hydrogens (primary N) is 1. The highest BCUT2D eigenvalue weighted by Crippen LogP contribution is 2.32. The zero-order chi connectivity index (χ0) is 13.0. The van der Waals surface area contributed by atoms with Gasteiger partial charge in [-0.2, -0.15) is 0 Å². The first kappa shape index (κ1) is 13.1. The van der Waals surface area contributed by atoms with Gasteiger partial charge in [0.1, 0.15) is 0 Å². The summed E-state index contributed by atoms with van der Waals surface area (Å²) < 4.78 is 4.97. The van der Waals surface area contributed by atoms with Crippen LogP contribution in [0.25, 0.3) is 0 Å². The Kier molecular flexibility index (Phi) is 4.33. The first-order valence-corrected chi connectivity index (χ1v) is 6.36. The molecule has 0 atom stereocenters. The molecular weight excluding hydrogens is 228 g/mol.